The quantitative estimate of drug-likeness (QED) is 0.275. The van der Waals surface area contributed by atoms with E-state index in [-0.39, 0.29) is 17.4 Å². The van der Waals surface area contributed by atoms with Crippen molar-refractivity contribution in [2.75, 3.05) is 37.7 Å². The lowest BCUT2D eigenvalue weighted by Gasteiger charge is -2.39. The second kappa shape index (κ2) is 10.8. The van der Waals surface area contributed by atoms with Crippen molar-refractivity contribution in [3.8, 4) is 0 Å². The highest BCUT2D eigenvalue weighted by molar-refractivity contribution is 5.83. The van der Waals surface area contributed by atoms with E-state index in [4.69, 9.17) is 4.74 Å². The maximum atomic E-state index is 13.6. The van der Waals surface area contributed by atoms with E-state index in [1.807, 2.05) is 19.9 Å². The molecule has 2 saturated heterocycles. The number of rotatable bonds is 7. The number of H-pyrrole nitrogens is 1. The van der Waals surface area contributed by atoms with Gasteiger partial charge in [-0.1, -0.05) is 11.6 Å². The SMILES string of the molecule is Cc1cc(C)c2[nH]c(=O)c([C@@H](c3nnnn3C[C@@H]3CCCO3)N3CCN(c4ccc([N+](=O)[O-])cc4)CC3)cc2c1. The number of anilines is 1. The molecule has 1 N–H and O–H groups in total. The van der Waals surface area contributed by atoms with E-state index in [1.165, 1.54) is 12.1 Å². The van der Waals surface area contributed by atoms with Gasteiger partial charge in [-0.05, 0) is 72.3 Å². The fraction of sp³-hybridized carbons (Fsp3) is 0.429. The molecule has 4 heterocycles. The molecule has 0 aliphatic carbocycles. The van der Waals surface area contributed by atoms with Crippen molar-refractivity contribution in [3.63, 3.8) is 0 Å². The third kappa shape index (κ3) is 5.07. The Labute approximate surface area is 230 Å². The topological polar surface area (TPSA) is 135 Å². The van der Waals surface area contributed by atoms with Crippen LogP contribution in [-0.2, 0) is 11.3 Å². The number of ether oxygens (including phenoxy) is 1. The van der Waals surface area contributed by atoms with Crippen LogP contribution in [0.1, 0.15) is 41.4 Å². The predicted molar refractivity (Wildman–Crippen MR) is 150 cm³/mol. The minimum atomic E-state index is -0.454. The van der Waals surface area contributed by atoms with Crippen molar-refractivity contribution in [2.24, 2.45) is 0 Å². The summed E-state index contributed by atoms with van der Waals surface area (Å²) < 4.78 is 7.65. The third-order valence-corrected chi connectivity index (χ3v) is 7.93. The fourth-order valence-corrected chi connectivity index (χ4v) is 5.95. The number of aromatic nitrogens is 5. The molecule has 4 aromatic rings. The number of nitro groups is 1. The highest BCUT2D eigenvalue weighted by atomic mass is 16.6. The van der Waals surface area contributed by atoms with Crippen molar-refractivity contribution in [1.29, 1.82) is 0 Å². The summed E-state index contributed by atoms with van der Waals surface area (Å²) in [5.74, 6) is 0.619. The zero-order chi connectivity index (χ0) is 27.8. The number of hydrogen-bond donors (Lipinski definition) is 1. The largest absolute Gasteiger partial charge is 0.376 e. The van der Waals surface area contributed by atoms with Gasteiger partial charge in [0.2, 0.25) is 0 Å². The maximum absolute atomic E-state index is 13.6. The van der Waals surface area contributed by atoms with E-state index < -0.39 is 11.0 Å². The van der Waals surface area contributed by atoms with Gasteiger partial charge in [0, 0.05) is 56.2 Å². The van der Waals surface area contributed by atoms with Gasteiger partial charge < -0.3 is 14.6 Å². The van der Waals surface area contributed by atoms with Gasteiger partial charge >= 0.3 is 0 Å². The normalized spacial score (nSPS) is 18.9. The third-order valence-electron chi connectivity index (χ3n) is 7.93. The Morgan fingerprint density at radius 2 is 1.90 bits per heavy atom. The number of tetrazole rings is 1. The molecule has 6 rings (SSSR count). The molecule has 12 nitrogen and oxygen atoms in total. The highest BCUT2D eigenvalue weighted by Gasteiger charge is 2.33. The van der Waals surface area contributed by atoms with Gasteiger partial charge in [-0.15, -0.1) is 5.10 Å². The fourth-order valence-electron chi connectivity index (χ4n) is 5.95. The molecule has 0 amide bonds. The molecule has 40 heavy (non-hydrogen) atoms. The summed E-state index contributed by atoms with van der Waals surface area (Å²) >= 11 is 0. The maximum Gasteiger partial charge on any atom is 0.269 e. The molecule has 0 radical (unpaired) electrons. The first-order valence-corrected chi connectivity index (χ1v) is 13.6. The number of aryl methyl sites for hydroxylation is 2. The van der Waals surface area contributed by atoms with Crippen LogP contribution >= 0.6 is 0 Å². The highest BCUT2D eigenvalue weighted by Crippen LogP contribution is 2.30. The predicted octanol–water partition coefficient (Wildman–Crippen LogP) is 3.13. The van der Waals surface area contributed by atoms with Crippen LogP contribution in [0.5, 0.6) is 0 Å². The number of pyridine rings is 1. The Morgan fingerprint density at radius 3 is 2.60 bits per heavy atom. The van der Waals surface area contributed by atoms with E-state index in [2.05, 4.69) is 42.4 Å². The van der Waals surface area contributed by atoms with Gasteiger partial charge in [-0.25, -0.2) is 4.68 Å². The molecule has 2 atom stereocenters. The van der Waals surface area contributed by atoms with Crippen molar-refractivity contribution in [1.82, 2.24) is 30.1 Å². The molecule has 2 aromatic heterocycles. The standard InChI is InChI=1S/C28H32N8O4/c1-18-14-19(2)25-20(15-18)16-24(28(37)29-25)26(27-30-31-32-35(27)17-23-4-3-13-40-23)34-11-9-33(10-12-34)21-5-7-22(8-6-21)36(38)39/h5-8,14-16,23,26H,3-4,9-13,17H2,1-2H3,(H,29,37)/t23-,26-/m0/s1. The van der Waals surface area contributed by atoms with E-state index >= 15 is 0 Å². The van der Waals surface area contributed by atoms with Crippen LogP contribution < -0.4 is 10.5 Å². The lowest BCUT2D eigenvalue weighted by molar-refractivity contribution is -0.384. The van der Waals surface area contributed by atoms with Gasteiger partial charge in [-0.2, -0.15) is 0 Å². The van der Waals surface area contributed by atoms with Gasteiger partial charge in [0.1, 0.15) is 6.04 Å². The van der Waals surface area contributed by atoms with Crippen LogP contribution in [0, 0.1) is 24.0 Å². The number of non-ortho nitro benzene ring substituents is 1. The first kappa shape index (κ1) is 26.1. The first-order chi connectivity index (χ1) is 19.4. The number of benzene rings is 2. The average Bonchev–Trinajstić information content (AvgIpc) is 3.63. The lowest BCUT2D eigenvalue weighted by Crippen LogP contribution is -2.49. The number of hydrogen-bond acceptors (Lipinski definition) is 9. The number of aromatic amines is 1. The van der Waals surface area contributed by atoms with Crippen LogP contribution in [0.2, 0.25) is 0 Å². The van der Waals surface area contributed by atoms with E-state index in [0.29, 0.717) is 44.1 Å². The van der Waals surface area contributed by atoms with Crippen LogP contribution in [0.25, 0.3) is 10.9 Å². The number of piperazine rings is 1. The summed E-state index contributed by atoms with van der Waals surface area (Å²) in [4.78, 5) is 31.9. The molecule has 2 aliphatic heterocycles. The van der Waals surface area contributed by atoms with Crippen LogP contribution in [0.4, 0.5) is 11.4 Å². The van der Waals surface area contributed by atoms with Crippen molar-refractivity contribution in [3.05, 3.63) is 85.4 Å². The summed E-state index contributed by atoms with van der Waals surface area (Å²) in [5, 5.41) is 24.8. The Hall–Kier alpha value is -4.16. The van der Waals surface area contributed by atoms with Crippen molar-refractivity contribution in [2.45, 2.75) is 45.4 Å². The lowest BCUT2D eigenvalue weighted by atomic mass is 10.00. The van der Waals surface area contributed by atoms with Gasteiger partial charge in [-0.3, -0.25) is 19.8 Å². The molecule has 2 aliphatic rings. The van der Waals surface area contributed by atoms with Gasteiger partial charge in [0.05, 0.1) is 23.1 Å². The summed E-state index contributed by atoms with van der Waals surface area (Å²) in [6, 6.07) is 12.3. The monoisotopic (exact) mass is 544 g/mol. The molecular weight excluding hydrogens is 512 g/mol. The minimum absolute atomic E-state index is 0.0436. The number of fused-ring (bicyclic) bond motifs is 1. The second-order valence-corrected chi connectivity index (χ2v) is 10.7. The zero-order valence-corrected chi connectivity index (χ0v) is 22.6. The Kier molecular flexibility index (Phi) is 7.03. The number of nitro benzene ring substituents is 1. The van der Waals surface area contributed by atoms with E-state index in [1.54, 1.807) is 16.8 Å². The molecule has 12 heteroatoms. The summed E-state index contributed by atoms with van der Waals surface area (Å²) in [7, 11) is 0. The molecule has 208 valence electrons. The van der Waals surface area contributed by atoms with Crippen LogP contribution in [0.15, 0.2) is 47.3 Å². The molecule has 0 bridgehead atoms. The molecule has 0 unspecified atom stereocenters. The van der Waals surface area contributed by atoms with Crippen molar-refractivity contribution >= 4 is 22.3 Å². The van der Waals surface area contributed by atoms with Crippen molar-refractivity contribution < 1.29 is 9.66 Å². The van der Waals surface area contributed by atoms with Gasteiger partial charge in [0.25, 0.3) is 11.2 Å². The molecule has 0 saturated carbocycles. The van der Waals surface area contributed by atoms with E-state index in [9.17, 15) is 14.9 Å². The minimum Gasteiger partial charge on any atom is -0.376 e. The Bertz CT molecular complexity index is 1580. The van der Waals surface area contributed by atoms with E-state index in [0.717, 1.165) is 47.2 Å². The number of nitrogens with one attached hydrogen (secondary N) is 1. The van der Waals surface area contributed by atoms with Gasteiger partial charge in [0.15, 0.2) is 5.82 Å². The first-order valence-electron chi connectivity index (χ1n) is 13.6. The number of nitrogens with zero attached hydrogens (tertiary/aromatic N) is 7. The molecule has 0 spiro atoms. The smallest absolute Gasteiger partial charge is 0.269 e. The van der Waals surface area contributed by atoms with Crippen LogP contribution in [-0.4, -0.2) is 73.9 Å². The summed E-state index contributed by atoms with van der Waals surface area (Å²) in [5.41, 5.74) is 4.43. The van der Waals surface area contributed by atoms with Crippen LogP contribution in [0.3, 0.4) is 0 Å². The molecule has 2 fully saturated rings. The molecular formula is C28H32N8O4. The summed E-state index contributed by atoms with van der Waals surface area (Å²) in [6.07, 6.45) is 2.01. The summed E-state index contributed by atoms with van der Waals surface area (Å²) in [6.45, 7) is 7.99. The molecule has 2 aromatic carbocycles. The Balaban J connectivity index is 1.35. The zero-order valence-electron chi connectivity index (χ0n) is 22.6. The second-order valence-electron chi connectivity index (χ2n) is 10.7. The Morgan fingerprint density at radius 1 is 1.12 bits per heavy atom. The average molecular weight is 545 g/mol.